The van der Waals surface area contributed by atoms with E-state index in [1.807, 2.05) is 18.2 Å². The molecule has 0 atom stereocenters. The molecule has 4 rings (SSSR count). The maximum Gasteiger partial charge on any atom is 0.223 e. The molecular weight excluding hydrogens is 352 g/mol. The molecule has 1 aliphatic carbocycles. The molecule has 0 N–H and O–H groups in total. The highest BCUT2D eigenvalue weighted by atomic mass is 32.1. The van der Waals surface area contributed by atoms with E-state index in [1.165, 1.54) is 15.8 Å². The number of hydrogen-bond acceptors (Lipinski definition) is 3. The van der Waals surface area contributed by atoms with Gasteiger partial charge in [0.05, 0.1) is 15.2 Å². The molecule has 2 aromatic carbocycles. The first kappa shape index (κ1) is 18.2. The Labute approximate surface area is 165 Å². The first-order valence-corrected chi connectivity index (χ1v) is 10.6. The van der Waals surface area contributed by atoms with Crippen LogP contribution in [0.2, 0.25) is 0 Å². The zero-order chi connectivity index (χ0) is 18.8. The summed E-state index contributed by atoms with van der Waals surface area (Å²) in [5.74, 6) is 0.790. The van der Waals surface area contributed by atoms with Crippen LogP contribution in [-0.4, -0.2) is 21.8 Å². The number of thiazole rings is 1. The maximum atomic E-state index is 12.9. The fourth-order valence-electron chi connectivity index (χ4n) is 3.40. The topological polar surface area (TPSA) is 33.2 Å². The zero-order valence-electron chi connectivity index (χ0n) is 16.0. The molecule has 1 fully saturated rings. The lowest BCUT2D eigenvalue weighted by Gasteiger charge is -2.23. The summed E-state index contributed by atoms with van der Waals surface area (Å²) in [6, 6.07) is 17.3. The molecule has 0 aliphatic heterocycles. The highest BCUT2D eigenvalue weighted by molar-refractivity contribution is 7.18. The van der Waals surface area contributed by atoms with Crippen LogP contribution in [0.1, 0.15) is 55.2 Å². The second kappa shape index (κ2) is 7.81. The van der Waals surface area contributed by atoms with Crippen molar-refractivity contribution in [2.75, 3.05) is 0 Å². The standard InChI is InChI=1S/C23H26N2OS/c1-16(2)18-9-7-17(8-10-18)15-25(19-11-12-19)23(26)14-13-22-24-20-5-3-4-6-21(20)27-22/h3-10,16,19H,11-15H2,1-2H3. The second-order valence-corrected chi connectivity index (χ2v) is 8.84. The predicted octanol–water partition coefficient (Wildman–Crippen LogP) is 5.54. The lowest BCUT2D eigenvalue weighted by atomic mass is 10.0. The molecule has 0 bridgehead atoms. The zero-order valence-corrected chi connectivity index (χ0v) is 16.8. The van der Waals surface area contributed by atoms with Crippen LogP contribution in [0.4, 0.5) is 0 Å². The maximum absolute atomic E-state index is 12.9. The van der Waals surface area contributed by atoms with Crippen LogP contribution in [0.5, 0.6) is 0 Å². The van der Waals surface area contributed by atoms with E-state index in [-0.39, 0.29) is 5.91 Å². The summed E-state index contributed by atoms with van der Waals surface area (Å²) in [6.07, 6.45) is 3.54. The second-order valence-electron chi connectivity index (χ2n) is 7.72. The molecule has 140 valence electrons. The van der Waals surface area contributed by atoms with Gasteiger partial charge in [0.25, 0.3) is 0 Å². The highest BCUT2D eigenvalue weighted by Crippen LogP contribution is 2.30. The number of carbonyl (C=O) groups is 1. The summed E-state index contributed by atoms with van der Waals surface area (Å²) in [7, 11) is 0. The minimum atomic E-state index is 0.254. The number of carbonyl (C=O) groups excluding carboxylic acids is 1. The third-order valence-corrected chi connectivity index (χ3v) is 6.29. The Kier molecular flexibility index (Phi) is 5.26. The van der Waals surface area contributed by atoms with Crippen LogP contribution in [0.3, 0.4) is 0 Å². The summed E-state index contributed by atoms with van der Waals surface area (Å²) >= 11 is 1.70. The summed E-state index contributed by atoms with van der Waals surface area (Å²) in [4.78, 5) is 19.6. The third kappa shape index (κ3) is 4.38. The average molecular weight is 379 g/mol. The molecule has 1 amide bonds. The molecule has 27 heavy (non-hydrogen) atoms. The lowest BCUT2D eigenvalue weighted by Crippen LogP contribution is -2.32. The molecule has 1 aliphatic rings. The van der Waals surface area contributed by atoms with Crippen LogP contribution in [0, 0.1) is 0 Å². The van der Waals surface area contributed by atoms with Crippen LogP contribution in [-0.2, 0) is 17.8 Å². The van der Waals surface area contributed by atoms with Gasteiger partial charge >= 0.3 is 0 Å². The van der Waals surface area contributed by atoms with E-state index in [0.29, 0.717) is 18.4 Å². The van der Waals surface area contributed by atoms with Gasteiger partial charge in [-0.1, -0.05) is 50.2 Å². The van der Waals surface area contributed by atoms with E-state index in [4.69, 9.17) is 0 Å². The van der Waals surface area contributed by atoms with Crippen LogP contribution in [0.15, 0.2) is 48.5 Å². The van der Waals surface area contributed by atoms with Crippen molar-refractivity contribution in [3.63, 3.8) is 0 Å². The van der Waals surface area contributed by atoms with Crippen LogP contribution >= 0.6 is 11.3 Å². The van der Waals surface area contributed by atoms with E-state index in [1.54, 1.807) is 11.3 Å². The van der Waals surface area contributed by atoms with Gasteiger partial charge in [0.2, 0.25) is 5.91 Å². The molecule has 3 nitrogen and oxygen atoms in total. The first-order valence-electron chi connectivity index (χ1n) is 9.83. The van der Waals surface area contributed by atoms with Crippen molar-refractivity contribution in [2.24, 2.45) is 0 Å². The number of rotatable bonds is 7. The van der Waals surface area contributed by atoms with E-state index in [9.17, 15) is 4.79 Å². The van der Waals surface area contributed by atoms with Crippen LogP contribution in [0.25, 0.3) is 10.2 Å². The first-order chi connectivity index (χ1) is 13.1. The molecule has 0 unspecified atom stereocenters. The fourth-order valence-corrected chi connectivity index (χ4v) is 4.36. The Morgan fingerprint density at radius 1 is 1.15 bits per heavy atom. The van der Waals surface area contributed by atoms with Gasteiger partial charge in [0, 0.05) is 25.4 Å². The largest absolute Gasteiger partial charge is 0.335 e. The number of hydrogen-bond donors (Lipinski definition) is 0. The quantitative estimate of drug-likeness (QED) is 0.540. The third-order valence-electron chi connectivity index (χ3n) is 5.20. The molecular formula is C23H26N2OS. The van der Waals surface area contributed by atoms with Gasteiger partial charge in [-0.05, 0) is 42.0 Å². The smallest absolute Gasteiger partial charge is 0.223 e. The molecule has 1 aromatic heterocycles. The van der Waals surface area contributed by atoms with E-state index in [2.05, 4.69) is 54.1 Å². The lowest BCUT2D eigenvalue weighted by molar-refractivity contribution is -0.132. The SMILES string of the molecule is CC(C)c1ccc(CN(C(=O)CCc2nc3ccccc3s2)C2CC2)cc1. The Bertz CT molecular complexity index is 892. The number of para-hydroxylation sites is 1. The molecule has 0 spiro atoms. The van der Waals surface area contributed by atoms with Crippen molar-refractivity contribution >= 4 is 27.5 Å². The normalized spacial score (nSPS) is 14.0. The number of amides is 1. The van der Waals surface area contributed by atoms with Gasteiger partial charge in [-0.15, -0.1) is 11.3 Å². The molecule has 0 radical (unpaired) electrons. The summed E-state index contributed by atoms with van der Waals surface area (Å²) in [6.45, 7) is 5.13. The molecule has 1 heterocycles. The van der Waals surface area contributed by atoms with E-state index in [0.717, 1.165) is 36.3 Å². The fraction of sp³-hybridized carbons (Fsp3) is 0.391. The summed E-state index contributed by atoms with van der Waals surface area (Å²) in [5.41, 5.74) is 3.60. The summed E-state index contributed by atoms with van der Waals surface area (Å²) in [5, 5.41) is 1.06. The van der Waals surface area contributed by atoms with Crippen LogP contribution < -0.4 is 0 Å². The Hall–Kier alpha value is -2.20. The van der Waals surface area contributed by atoms with Crippen molar-refractivity contribution in [3.8, 4) is 0 Å². The van der Waals surface area contributed by atoms with E-state index < -0.39 is 0 Å². The Balaban J connectivity index is 1.40. The number of aryl methyl sites for hydroxylation is 1. The Morgan fingerprint density at radius 2 is 1.89 bits per heavy atom. The predicted molar refractivity (Wildman–Crippen MR) is 112 cm³/mol. The number of fused-ring (bicyclic) bond motifs is 1. The number of aromatic nitrogens is 1. The highest BCUT2D eigenvalue weighted by Gasteiger charge is 2.32. The van der Waals surface area contributed by atoms with Crippen molar-refractivity contribution in [1.29, 1.82) is 0 Å². The van der Waals surface area contributed by atoms with Gasteiger partial charge in [-0.3, -0.25) is 4.79 Å². The van der Waals surface area contributed by atoms with Gasteiger partial charge in [0.15, 0.2) is 0 Å². The van der Waals surface area contributed by atoms with Gasteiger partial charge in [-0.2, -0.15) is 0 Å². The molecule has 0 saturated heterocycles. The molecule has 4 heteroatoms. The van der Waals surface area contributed by atoms with Crippen molar-refractivity contribution in [3.05, 3.63) is 64.7 Å². The monoisotopic (exact) mass is 378 g/mol. The van der Waals surface area contributed by atoms with E-state index >= 15 is 0 Å². The molecule has 1 saturated carbocycles. The van der Waals surface area contributed by atoms with Gasteiger partial charge in [0.1, 0.15) is 0 Å². The average Bonchev–Trinajstić information content (AvgIpc) is 3.43. The van der Waals surface area contributed by atoms with Crippen molar-refractivity contribution in [1.82, 2.24) is 9.88 Å². The molecule has 3 aromatic rings. The van der Waals surface area contributed by atoms with Gasteiger partial charge < -0.3 is 4.90 Å². The number of nitrogens with zero attached hydrogens (tertiary/aromatic N) is 2. The number of benzene rings is 2. The Morgan fingerprint density at radius 3 is 2.56 bits per heavy atom. The van der Waals surface area contributed by atoms with Gasteiger partial charge in [-0.25, -0.2) is 4.98 Å². The summed E-state index contributed by atoms with van der Waals surface area (Å²) < 4.78 is 1.20. The van der Waals surface area contributed by atoms with Crippen molar-refractivity contribution < 1.29 is 4.79 Å². The minimum Gasteiger partial charge on any atom is -0.335 e. The minimum absolute atomic E-state index is 0.254. The van der Waals surface area contributed by atoms with Crippen molar-refractivity contribution in [2.45, 2.75) is 58.0 Å².